The third-order valence-corrected chi connectivity index (χ3v) is 5.07. The second-order valence-electron chi connectivity index (χ2n) is 8.71. The van der Waals surface area contributed by atoms with Crippen LogP contribution in [0, 0.1) is 17.3 Å². The van der Waals surface area contributed by atoms with E-state index in [0.29, 0.717) is 19.0 Å². The second kappa shape index (κ2) is 7.49. The lowest BCUT2D eigenvalue weighted by Gasteiger charge is -2.39. The summed E-state index contributed by atoms with van der Waals surface area (Å²) in [7, 11) is 0. The standard InChI is InChI=1S/C18H34N2O3/c1-14-9-15(11-17(2,3)10-14)16(21)19-12-18(4,22)13-20-5-7-23-8-6-20/h14-15,22H,5-13H2,1-4H3,(H,19,21). The van der Waals surface area contributed by atoms with Crippen LogP contribution in [-0.4, -0.2) is 60.9 Å². The van der Waals surface area contributed by atoms with Crippen molar-refractivity contribution in [1.82, 2.24) is 10.2 Å². The van der Waals surface area contributed by atoms with Gasteiger partial charge in [-0.25, -0.2) is 0 Å². The van der Waals surface area contributed by atoms with Crippen molar-refractivity contribution in [2.24, 2.45) is 17.3 Å². The molecule has 3 atom stereocenters. The molecule has 2 aliphatic rings. The number of ether oxygens (including phenoxy) is 1. The van der Waals surface area contributed by atoms with Gasteiger partial charge < -0.3 is 15.2 Å². The predicted molar refractivity (Wildman–Crippen MR) is 91.2 cm³/mol. The first-order valence-electron chi connectivity index (χ1n) is 8.97. The third-order valence-electron chi connectivity index (χ3n) is 5.07. The smallest absolute Gasteiger partial charge is 0.223 e. The lowest BCUT2D eigenvalue weighted by atomic mass is 9.68. The van der Waals surface area contributed by atoms with Crippen LogP contribution in [0.2, 0.25) is 0 Å². The van der Waals surface area contributed by atoms with Crippen molar-refractivity contribution in [1.29, 1.82) is 0 Å². The molecular formula is C18H34N2O3. The molecule has 23 heavy (non-hydrogen) atoms. The molecule has 1 aliphatic carbocycles. The lowest BCUT2D eigenvalue weighted by molar-refractivity contribution is -0.129. The third kappa shape index (κ3) is 6.05. The van der Waals surface area contributed by atoms with Crippen LogP contribution in [0.5, 0.6) is 0 Å². The number of morpholine rings is 1. The normalized spacial score (nSPS) is 31.3. The molecule has 0 aromatic rings. The molecule has 5 heteroatoms. The molecule has 1 saturated heterocycles. The highest BCUT2D eigenvalue weighted by atomic mass is 16.5. The van der Waals surface area contributed by atoms with Gasteiger partial charge in [-0.05, 0) is 37.5 Å². The Bertz CT molecular complexity index is 403. The summed E-state index contributed by atoms with van der Waals surface area (Å²) >= 11 is 0. The number of hydrogen-bond acceptors (Lipinski definition) is 4. The first-order chi connectivity index (χ1) is 10.7. The Labute approximate surface area is 140 Å². The number of carbonyl (C=O) groups is 1. The molecule has 0 aromatic carbocycles. The Morgan fingerprint density at radius 2 is 2.00 bits per heavy atom. The molecule has 1 aliphatic heterocycles. The largest absolute Gasteiger partial charge is 0.387 e. The number of rotatable bonds is 5. The molecule has 2 N–H and O–H groups in total. The van der Waals surface area contributed by atoms with Crippen LogP contribution < -0.4 is 5.32 Å². The Balaban J connectivity index is 1.80. The zero-order valence-electron chi connectivity index (χ0n) is 15.2. The van der Waals surface area contributed by atoms with E-state index in [0.717, 1.165) is 39.1 Å². The number of aliphatic hydroxyl groups is 1. The number of hydrogen-bond donors (Lipinski definition) is 2. The monoisotopic (exact) mass is 326 g/mol. The highest BCUT2D eigenvalue weighted by Crippen LogP contribution is 2.41. The van der Waals surface area contributed by atoms with Crippen LogP contribution in [0.15, 0.2) is 0 Å². The van der Waals surface area contributed by atoms with Gasteiger partial charge >= 0.3 is 0 Å². The second-order valence-corrected chi connectivity index (χ2v) is 8.71. The molecule has 134 valence electrons. The van der Waals surface area contributed by atoms with Crippen molar-refractivity contribution in [3.05, 3.63) is 0 Å². The van der Waals surface area contributed by atoms with Crippen molar-refractivity contribution in [3.8, 4) is 0 Å². The van der Waals surface area contributed by atoms with E-state index >= 15 is 0 Å². The Morgan fingerprint density at radius 1 is 1.35 bits per heavy atom. The summed E-state index contributed by atoms with van der Waals surface area (Å²) in [6, 6.07) is 0. The number of amides is 1. The minimum absolute atomic E-state index is 0.0768. The maximum Gasteiger partial charge on any atom is 0.223 e. The van der Waals surface area contributed by atoms with E-state index in [1.54, 1.807) is 6.92 Å². The minimum Gasteiger partial charge on any atom is -0.387 e. The van der Waals surface area contributed by atoms with Gasteiger partial charge in [-0.2, -0.15) is 0 Å². The Morgan fingerprint density at radius 3 is 2.61 bits per heavy atom. The molecule has 1 heterocycles. The van der Waals surface area contributed by atoms with E-state index in [1.165, 1.54) is 6.42 Å². The van der Waals surface area contributed by atoms with Crippen molar-refractivity contribution in [2.45, 2.75) is 52.6 Å². The van der Waals surface area contributed by atoms with E-state index in [9.17, 15) is 9.90 Å². The van der Waals surface area contributed by atoms with Crippen LogP contribution >= 0.6 is 0 Å². The molecule has 1 saturated carbocycles. The summed E-state index contributed by atoms with van der Waals surface area (Å²) in [4.78, 5) is 14.7. The molecule has 0 radical (unpaired) electrons. The van der Waals surface area contributed by atoms with Gasteiger partial charge in [0.1, 0.15) is 0 Å². The van der Waals surface area contributed by atoms with Crippen LogP contribution in [0.25, 0.3) is 0 Å². The van der Waals surface area contributed by atoms with Crippen molar-refractivity contribution >= 4 is 5.91 Å². The van der Waals surface area contributed by atoms with E-state index in [4.69, 9.17) is 4.74 Å². The van der Waals surface area contributed by atoms with Crippen LogP contribution in [-0.2, 0) is 9.53 Å². The van der Waals surface area contributed by atoms with E-state index in [2.05, 4.69) is 31.0 Å². The molecule has 5 nitrogen and oxygen atoms in total. The van der Waals surface area contributed by atoms with Gasteiger partial charge in [-0.1, -0.05) is 20.8 Å². The summed E-state index contributed by atoms with van der Waals surface area (Å²) in [6.07, 6.45) is 3.08. The zero-order valence-corrected chi connectivity index (χ0v) is 15.2. The highest BCUT2D eigenvalue weighted by molar-refractivity contribution is 5.78. The van der Waals surface area contributed by atoms with Crippen LogP contribution in [0.4, 0.5) is 0 Å². The van der Waals surface area contributed by atoms with Gasteiger partial charge in [0.05, 0.1) is 18.8 Å². The average molecular weight is 326 g/mol. The van der Waals surface area contributed by atoms with E-state index in [-0.39, 0.29) is 17.2 Å². The topological polar surface area (TPSA) is 61.8 Å². The fraction of sp³-hybridized carbons (Fsp3) is 0.944. The van der Waals surface area contributed by atoms with Gasteiger partial charge in [0.2, 0.25) is 5.91 Å². The summed E-state index contributed by atoms with van der Waals surface area (Å²) in [5.41, 5.74) is -0.668. The van der Waals surface area contributed by atoms with E-state index < -0.39 is 5.60 Å². The van der Waals surface area contributed by atoms with Gasteiger partial charge in [0.15, 0.2) is 0 Å². The van der Waals surface area contributed by atoms with Gasteiger partial charge in [0.25, 0.3) is 0 Å². The zero-order chi connectivity index (χ0) is 17.1. The summed E-state index contributed by atoms with van der Waals surface area (Å²) in [5.74, 6) is 0.767. The molecule has 0 spiro atoms. The van der Waals surface area contributed by atoms with Crippen LogP contribution in [0.1, 0.15) is 47.0 Å². The number of nitrogens with one attached hydrogen (secondary N) is 1. The van der Waals surface area contributed by atoms with Gasteiger partial charge in [-0.3, -0.25) is 9.69 Å². The molecule has 2 rings (SSSR count). The maximum absolute atomic E-state index is 12.5. The average Bonchev–Trinajstić information content (AvgIpc) is 2.43. The number of β-amino-alcohol motifs (C(OH)–C–C–N with tert-alkyl or cyclic N) is 1. The quantitative estimate of drug-likeness (QED) is 0.806. The molecule has 2 fully saturated rings. The van der Waals surface area contributed by atoms with Gasteiger partial charge in [0, 0.05) is 32.1 Å². The summed E-state index contributed by atoms with van der Waals surface area (Å²) in [6.45, 7) is 12.5. The lowest BCUT2D eigenvalue weighted by Crippen LogP contribution is -2.52. The number of nitrogens with zero attached hydrogens (tertiary/aromatic N) is 1. The minimum atomic E-state index is -0.900. The SMILES string of the molecule is CC1CC(C(=O)NCC(C)(O)CN2CCOCC2)CC(C)(C)C1. The first-order valence-corrected chi connectivity index (χ1v) is 8.97. The predicted octanol–water partition coefficient (Wildman–Crippen LogP) is 1.65. The first kappa shape index (κ1) is 18.7. The molecular weight excluding hydrogens is 292 g/mol. The van der Waals surface area contributed by atoms with Crippen LogP contribution in [0.3, 0.4) is 0 Å². The summed E-state index contributed by atoms with van der Waals surface area (Å²) in [5, 5.41) is 13.6. The fourth-order valence-corrected chi connectivity index (χ4v) is 4.26. The summed E-state index contributed by atoms with van der Waals surface area (Å²) < 4.78 is 5.33. The fourth-order valence-electron chi connectivity index (χ4n) is 4.26. The van der Waals surface area contributed by atoms with Crippen molar-refractivity contribution < 1.29 is 14.6 Å². The Kier molecular flexibility index (Phi) is 6.09. The van der Waals surface area contributed by atoms with Gasteiger partial charge in [-0.15, -0.1) is 0 Å². The van der Waals surface area contributed by atoms with E-state index in [1.807, 2.05) is 0 Å². The molecule has 3 unspecified atom stereocenters. The van der Waals surface area contributed by atoms with Crippen molar-refractivity contribution in [3.63, 3.8) is 0 Å². The highest BCUT2D eigenvalue weighted by Gasteiger charge is 2.36. The Hall–Kier alpha value is -0.650. The van der Waals surface area contributed by atoms with Crippen molar-refractivity contribution in [2.75, 3.05) is 39.4 Å². The molecule has 1 amide bonds. The maximum atomic E-state index is 12.5. The molecule has 0 bridgehead atoms. The molecule has 0 aromatic heterocycles. The number of carbonyl (C=O) groups excluding carboxylic acids is 1.